The number of ether oxygens (including phenoxy) is 3. The highest BCUT2D eigenvalue weighted by atomic mass is 35.5. The first-order valence-electron chi connectivity index (χ1n) is 29.9. The molecular weight excluding hydrogens is 1270 g/mol. The van der Waals surface area contributed by atoms with Gasteiger partial charge in [-0.05, 0) is 108 Å². The van der Waals surface area contributed by atoms with Crippen LogP contribution in [0.3, 0.4) is 0 Å². The molecule has 0 aliphatic carbocycles. The molecule has 0 unspecified atom stereocenters. The SMILES string of the molecule is Fc1cccc(O[C@H](CCCl)c2ccccc2)c1.Fc1cccc(O[C@H](CCCl)c2ccccc2)c1.N.NCC[C@@H](Oc1cccc(F)c1)c1ccccc1.O.O[C@@H](CCCl)c1ccccc1.Oc1cccc(F)c1.c1ccc(P(c2ccccc2)c2ccccc2)cc1. The molecule has 0 spiro atoms. The number of benzene rings is 11. The number of aromatic hydroxyl groups is 1. The van der Waals surface area contributed by atoms with Gasteiger partial charge in [0.05, 0.1) is 6.10 Å². The van der Waals surface area contributed by atoms with E-state index < -0.39 is 19.8 Å². The third-order valence-electron chi connectivity index (χ3n) is 13.3. The highest BCUT2D eigenvalue weighted by molar-refractivity contribution is 7.79. The second kappa shape index (κ2) is 45.7. The average Bonchev–Trinajstić information content (AvgIpc) is 0.897. The van der Waals surface area contributed by atoms with Crippen LogP contribution in [0, 0.1) is 23.3 Å². The van der Waals surface area contributed by atoms with Crippen LogP contribution in [-0.2, 0) is 0 Å². The van der Waals surface area contributed by atoms with E-state index in [4.69, 9.17) is 59.9 Å². The molecule has 11 rings (SSSR count). The first-order valence-corrected chi connectivity index (χ1v) is 32.8. The van der Waals surface area contributed by atoms with Crippen molar-refractivity contribution in [1.29, 1.82) is 0 Å². The number of rotatable bonds is 21. The molecule has 0 bridgehead atoms. The van der Waals surface area contributed by atoms with Gasteiger partial charge < -0.3 is 41.8 Å². The summed E-state index contributed by atoms with van der Waals surface area (Å²) in [6, 6.07) is 95.0. The van der Waals surface area contributed by atoms with E-state index >= 15 is 0 Å². The summed E-state index contributed by atoms with van der Waals surface area (Å²) in [6.45, 7) is 0.523. The zero-order valence-corrected chi connectivity index (χ0v) is 55.1. The average molecular weight is 1350 g/mol. The number of aliphatic hydroxyl groups is 1. The van der Waals surface area contributed by atoms with Crippen LogP contribution in [0.25, 0.3) is 0 Å². The normalized spacial score (nSPS) is 11.4. The van der Waals surface area contributed by atoms with Gasteiger partial charge in [0.2, 0.25) is 0 Å². The van der Waals surface area contributed by atoms with Crippen molar-refractivity contribution in [1.82, 2.24) is 6.15 Å². The topological polar surface area (TPSA) is 161 Å². The van der Waals surface area contributed by atoms with Crippen molar-refractivity contribution in [3.05, 3.63) is 355 Å². The summed E-state index contributed by atoms with van der Waals surface area (Å²) in [6.07, 6.45) is 1.83. The molecule has 0 fully saturated rings. The maximum absolute atomic E-state index is 13.1. The van der Waals surface area contributed by atoms with Gasteiger partial charge in [0.15, 0.2) is 0 Å². The van der Waals surface area contributed by atoms with Crippen LogP contribution in [0.5, 0.6) is 23.0 Å². The molecular formula is C78H80Cl3F4N2O6P. The molecule has 0 saturated carbocycles. The smallest absolute Gasteiger partial charge is 0.126 e. The van der Waals surface area contributed by atoms with E-state index in [1.807, 2.05) is 121 Å². The predicted octanol–water partition coefficient (Wildman–Crippen LogP) is 19.1. The lowest BCUT2D eigenvalue weighted by Gasteiger charge is -2.19. The molecule has 11 aromatic rings. The molecule has 11 aromatic carbocycles. The number of aliphatic hydroxyl groups excluding tert-OH is 1. The maximum Gasteiger partial charge on any atom is 0.126 e. The van der Waals surface area contributed by atoms with Crippen LogP contribution in [0.4, 0.5) is 17.6 Å². The van der Waals surface area contributed by atoms with Crippen LogP contribution in [0.1, 0.15) is 72.4 Å². The highest BCUT2D eigenvalue weighted by Gasteiger charge is 2.17. The van der Waals surface area contributed by atoms with Gasteiger partial charge in [-0.15, -0.1) is 34.8 Å². The van der Waals surface area contributed by atoms with E-state index in [-0.39, 0.29) is 53.1 Å². The lowest BCUT2D eigenvalue weighted by Crippen LogP contribution is -2.20. The van der Waals surface area contributed by atoms with E-state index in [1.165, 1.54) is 70.5 Å². The number of hydrogen-bond acceptors (Lipinski definition) is 7. The maximum atomic E-state index is 13.1. The molecule has 4 atom stereocenters. The minimum Gasteiger partial charge on any atom is -0.508 e. The number of halogens is 7. The van der Waals surface area contributed by atoms with Gasteiger partial charge in [-0.1, -0.05) is 237 Å². The lowest BCUT2D eigenvalue weighted by molar-refractivity contribution is 0.174. The molecule has 0 amide bonds. The van der Waals surface area contributed by atoms with Crippen LogP contribution in [0.15, 0.2) is 309 Å². The Bertz CT molecular complexity index is 3370. The van der Waals surface area contributed by atoms with E-state index in [0.29, 0.717) is 67.1 Å². The number of phenolic OH excluding ortho intramolecular Hbond substituents is 1. The molecule has 0 aliphatic heterocycles. The molecule has 9 N–H and O–H groups in total. The molecule has 0 saturated heterocycles. The fourth-order valence-corrected chi connectivity index (χ4v) is 11.9. The second-order valence-electron chi connectivity index (χ2n) is 20.2. The quantitative estimate of drug-likeness (QED) is 0.0316. The van der Waals surface area contributed by atoms with Crippen molar-refractivity contribution < 1.29 is 47.5 Å². The van der Waals surface area contributed by atoms with Gasteiger partial charge in [0.1, 0.15) is 64.6 Å². The minimum atomic E-state index is -0.446. The van der Waals surface area contributed by atoms with Crippen molar-refractivity contribution in [3.63, 3.8) is 0 Å². The van der Waals surface area contributed by atoms with Crippen molar-refractivity contribution in [2.45, 2.75) is 50.1 Å². The Morgan fingerprint density at radius 2 is 0.606 bits per heavy atom. The molecule has 0 aromatic heterocycles. The fraction of sp³-hybridized carbons (Fsp3) is 0.154. The van der Waals surface area contributed by atoms with Crippen molar-refractivity contribution in [2.75, 3.05) is 24.2 Å². The fourth-order valence-electron chi connectivity index (χ4n) is 8.95. The zero-order chi connectivity index (χ0) is 65.4. The first kappa shape index (κ1) is 77.9. The van der Waals surface area contributed by atoms with Crippen molar-refractivity contribution in [3.8, 4) is 23.0 Å². The Morgan fingerprint density at radius 3 is 0.862 bits per heavy atom. The van der Waals surface area contributed by atoms with Gasteiger partial charge in [0, 0.05) is 61.2 Å². The van der Waals surface area contributed by atoms with Gasteiger partial charge in [-0.3, -0.25) is 0 Å². The number of nitrogens with two attached hydrogens (primary N) is 1. The van der Waals surface area contributed by atoms with E-state index in [2.05, 4.69) is 91.0 Å². The van der Waals surface area contributed by atoms with E-state index in [0.717, 1.165) is 28.3 Å². The number of alkyl halides is 3. The molecule has 94 heavy (non-hydrogen) atoms. The van der Waals surface area contributed by atoms with E-state index in [9.17, 15) is 22.7 Å². The third-order valence-corrected chi connectivity index (χ3v) is 16.4. The standard InChI is InChI=1S/C18H15P.2C15H14ClFO.C15H16FNO.C9H11ClO.C6H5FO.H3N.H2O/c1-4-10-16(11-5-1)19(17-12-6-2-7-13-17)18-14-8-3-9-15-18;2*16-10-9-15(12-5-2-1-3-6-12)18-14-8-4-7-13(17)11-14;16-13-7-4-8-14(11-13)18-15(9-10-17)12-5-2-1-3-6-12;10-7-6-9(11)8-4-2-1-3-5-8;7-5-2-1-3-6(8)4-5;;/h1-15H;2*1-8,11,15H,9-10H2;1-8,11,15H,9-10,17H2;1-5,9,11H,6-7H2;1-4,8H;1H3;1H2/t;3*15-;9-;;;/m.1110.../s1. The van der Waals surface area contributed by atoms with Gasteiger partial charge in [0.25, 0.3) is 0 Å². The summed E-state index contributed by atoms with van der Waals surface area (Å²) < 4.78 is 68.7. The molecule has 0 heterocycles. The molecule has 0 radical (unpaired) electrons. The van der Waals surface area contributed by atoms with Crippen molar-refractivity contribution >= 4 is 58.6 Å². The van der Waals surface area contributed by atoms with Gasteiger partial charge in [-0.25, -0.2) is 17.6 Å². The van der Waals surface area contributed by atoms with Crippen LogP contribution in [-0.4, -0.2) is 39.9 Å². The van der Waals surface area contributed by atoms with Gasteiger partial charge in [-0.2, -0.15) is 0 Å². The Balaban J connectivity index is 0.000000244. The Morgan fingerprint density at radius 1 is 0.340 bits per heavy atom. The van der Waals surface area contributed by atoms with E-state index in [1.54, 1.807) is 36.4 Å². The lowest BCUT2D eigenvalue weighted by atomic mass is 10.1. The zero-order valence-electron chi connectivity index (χ0n) is 51.9. The van der Waals surface area contributed by atoms with Gasteiger partial charge >= 0.3 is 0 Å². The number of phenols is 1. The Kier molecular flexibility index (Phi) is 37.9. The summed E-state index contributed by atoms with van der Waals surface area (Å²) in [5, 5.41) is 22.2. The monoisotopic (exact) mass is 1350 g/mol. The van der Waals surface area contributed by atoms with Crippen molar-refractivity contribution in [2.24, 2.45) is 5.73 Å². The molecule has 492 valence electrons. The Labute approximate surface area is 566 Å². The third kappa shape index (κ3) is 29.2. The summed E-state index contributed by atoms with van der Waals surface area (Å²) in [7, 11) is -0.446. The second-order valence-corrected chi connectivity index (χ2v) is 23.5. The highest BCUT2D eigenvalue weighted by Crippen LogP contribution is 2.33. The Hall–Kier alpha value is -8.52. The summed E-state index contributed by atoms with van der Waals surface area (Å²) in [5.74, 6) is 1.71. The summed E-state index contributed by atoms with van der Waals surface area (Å²) >= 11 is 17.1. The molecule has 0 aliphatic rings. The first-order chi connectivity index (χ1) is 45.0. The summed E-state index contributed by atoms with van der Waals surface area (Å²) in [4.78, 5) is 0. The van der Waals surface area contributed by atoms with Crippen LogP contribution < -0.4 is 42.0 Å². The van der Waals surface area contributed by atoms with Crippen LogP contribution in [0.2, 0.25) is 0 Å². The summed E-state index contributed by atoms with van der Waals surface area (Å²) in [5.41, 5.74) is 9.67. The largest absolute Gasteiger partial charge is 0.508 e. The predicted molar refractivity (Wildman–Crippen MR) is 382 cm³/mol. The molecule has 16 heteroatoms. The molecule has 8 nitrogen and oxygen atoms in total. The number of hydrogen-bond donors (Lipinski definition) is 4. The minimum absolute atomic E-state index is 0. The van der Waals surface area contributed by atoms with Crippen LogP contribution >= 0.6 is 42.7 Å².